The number of benzene rings is 2. The van der Waals surface area contributed by atoms with Crippen LogP contribution in [0.15, 0.2) is 52.3 Å². The fourth-order valence-electron chi connectivity index (χ4n) is 3.39. The number of nitrogens with one attached hydrogen (secondary N) is 1. The number of nitrogens with zero attached hydrogens (tertiary/aromatic N) is 2. The molecule has 1 amide bonds. The summed E-state index contributed by atoms with van der Waals surface area (Å²) in [5.41, 5.74) is 6.48. The van der Waals surface area contributed by atoms with E-state index in [1.165, 1.54) is 44.4 Å². The second-order valence-corrected chi connectivity index (χ2v) is 11.3. The maximum absolute atomic E-state index is 13.0. The maximum Gasteiger partial charge on any atom is 0.261 e. The number of hydrogen-bond donors (Lipinski definition) is 2. The Morgan fingerprint density at radius 2 is 1.52 bits per heavy atom. The lowest BCUT2D eigenvalue weighted by Crippen LogP contribution is -2.30. The topological polar surface area (TPSA) is 130 Å². The number of carbonyl (C=O) groups excluding carboxylic acids is 1. The summed E-state index contributed by atoms with van der Waals surface area (Å²) in [5.74, 6) is -0.663. The first-order valence-electron chi connectivity index (χ1n) is 9.76. The van der Waals surface area contributed by atoms with Crippen molar-refractivity contribution in [2.75, 3.05) is 36.8 Å². The third-order valence-electron chi connectivity index (χ3n) is 5.13. The van der Waals surface area contributed by atoms with Crippen LogP contribution in [0, 0.1) is 0 Å². The number of sulfonamides is 2. The average molecular weight is 467 g/mol. The minimum atomic E-state index is -4.04. The van der Waals surface area contributed by atoms with Gasteiger partial charge in [0.1, 0.15) is 0 Å². The van der Waals surface area contributed by atoms with Crippen LogP contribution in [0.2, 0.25) is 0 Å². The maximum atomic E-state index is 13.0. The molecular formula is C20H26N4O5S2. The fourth-order valence-corrected chi connectivity index (χ4v) is 5.35. The van der Waals surface area contributed by atoms with E-state index < -0.39 is 26.0 Å². The molecule has 0 aromatic heterocycles. The summed E-state index contributed by atoms with van der Waals surface area (Å²) in [6.45, 7) is 1.56. The molecule has 0 radical (unpaired) electrons. The van der Waals surface area contributed by atoms with Gasteiger partial charge in [0.15, 0.2) is 0 Å². The molecule has 1 heterocycles. The van der Waals surface area contributed by atoms with Gasteiger partial charge in [-0.25, -0.2) is 21.1 Å². The second kappa shape index (κ2) is 8.85. The van der Waals surface area contributed by atoms with Crippen molar-refractivity contribution in [1.29, 1.82) is 0 Å². The number of piperidine rings is 1. The lowest BCUT2D eigenvalue weighted by atomic mass is 10.1. The molecule has 3 N–H and O–H groups in total. The highest BCUT2D eigenvalue weighted by Crippen LogP contribution is 2.31. The highest BCUT2D eigenvalue weighted by molar-refractivity contribution is 7.92. The number of carbonyl (C=O) groups is 1. The number of hydrogen-bond acceptors (Lipinski definition) is 6. The van der Waals surface area contributed by atoms with E-state index in [9.17, 15) is 21.6 Å². The Labute approximate surface area is 182 Å². The van der Waals surface area contributed by atoms with Crippen molar-refractivity contribution >= 4 is 37.3 Å². The summed E-state index contributed by atoms with van der Waals surface area (Å²) in [6, 6.07) is 9.65. The summed E-state index contributed by atoms with van der Waals surface area (Å²) in [4.78, 5) is 13.6. The van der Waals surface area contributed by atoms with E-state index in [2.05, 4.69) is 9.62 Å². The Kier molecular flexibility index (Phi) is 6.58. The Morgan fingerprint density at radius 1 is 0.935 bits per heavy atom. The Morgan fingerprint density at radius 3 is 2.06 bits per heavy atom. The largest absolute Gasteiger partial charge is 0.370 e. The Hall–Kier alpha value is -2.63. The monoisotopic (exact) mass is 466 g/mol. The summed E-state index contributed by atoms with van der Waals surface area (Å²) < 4.78 is 54.0. The van der Waals surface area contributed by atoms with E-state index in [4.69, 9.17) is 5.73 Å². The molecule has 0 aliphatic carbocycles. The lowest BCUT2D eigenvalue weighted by molar-refractivity contribution is 0.100. The van der Waals surface area contributed by atoms with Gasteiger partial charge in [0.2, 0.25) is 15.9 Å². The number of amides is 1. The molecule has 2 aromatic rings. The Bertz CT molecular complexity index is 1170. The van der Waals surface area contributed by atoms with Gasteiger partial charge < -0.3 is 10.6 Å². The first-order valence-corrected chi connectivity index (χ1v) is 12.7. The van der Waals surface area contributed by atoms with Gasteiger partial charge in [-0.15, -0.1) is 0 Å². The first kappa shape index (κ1) is 23.0. The third kappa shape index (κ3) is 5.00. The summed E-state index contributed by atoms with van der Waals surface area (Å²) in [5, 5.41) is 0. The van der Waals surface area contributed by atoms with Crippen molar-refractivity contribution in [1.82, 2.24) is 4.31 Å². The van der Waals surface area contributed by atoms with Gasteiger partial charge in [0.25, 0.3) is 10.0 Å². The lowest BCUT2D eigenvalue weighted by Gasteiger charge is -2.30. The van der Waals surface area contributed by atoms with Crippen LogP contribution in [0.4, 0.5) is 11.4 Å². The van der Waals surface area contributed by atoms with Crippen LogP contribution in [0.3, 0.4) is 0 Å². The number of primary amides is 1. The molecule has 168 valence electrons. The van der Waals surface area contributed by atoms with E-state index in [0.717, 1.165) is 36.7 Å². The molecule has 0 unspecified atom stereocenters. The summed E-state index contributed by atoms with van der Waals surface area (Å²) in [6.07, 6.45) is 3.09. The quantitative estimate of drug-likeness (QED) is 0.640. The number of anilines is 2. The molecular weight excluding hydrogens is 440 g/mol. The number of rotatable bonds is 7. The average Bonchev–Trinajstić information content (AvgIpc) is 2.74. The van der Waals surface area contributed by atoms with Gasteiger partial charge in [0.05, 0.1) is 21.2 Å². The minimum Gasteiger partial charge on any atom is -0.370 e. The molecule has 0 bridgehead atoms. The van der Waals surface area contributed by atoms with Gasteiger partial charge >= 0.3 is 0 Å². The zero-order valence-electron chi connectivity index (χ0n) is 17.4. The van der Waals surface area contributed by atoms with Crippen molar-refractivity contribution < 1.29 is 21.6 Å². The van der Waals surface area contributed by atoms with Crippen LogP contribution in [0.5, 0.6) is 0 Å². The molecule has 0 atom stereocenters. The van der Waals surface area contributed by atoms with Crippen molar-refractivity contribution in [3.8, 4) is 0 Å². The predicted octanol–water partition coefficient (Wildman–Crippen LogP) is 1.83. The van der Waals surface area contributed by atoms with Gasteiger partial charge in [-0.2, -0.15) is 0 Å². The smallest absolute Gasteiger partial charge is 0.261 e. The van der Waals surface area contributed by atoms with Crippen molar-refractivity contribution in [2.24, 2.45) is 5.73 Å². The van der Waals surface area contributed by atoms with E-state index in [0.29, 0.717) is 5.69 Å². The molecule has 1 fully saturated rings. The molecule has 1 saturated heterocycles. The van der Waals surface area contributed by atoms with Gasteiger partial charge in [-0.05, 0) is 61.7 Å². The standard InChI is InChI=1S/C20H26N4O5S2/c1-23(2)31(28,29)17-9-7-16(8-10-17)30(26,27)22-18-14-15(20(21)25)6-11-19(18)24-12-4-3-5-13-24/h6-11,14,22H,3-5,12-13H2,1-2H3,(H2,21,25). The molecule has 3 rings (SSSR count). The molecule has 9 nitrogen and oxygen atoms in total. The molecule has 11 heteroatoms. The van der Waals surface area contributed by atoms with Gasteiger partial charge in [0, 0.05) is 32.7 Å². The van der Waals surface area contributed by atoms with E-state index in [-0.39, 0.29) is 21.0 Å². The number of nitrogens with two attached hydrogens (primary N) is 1. The highest BCUT2D eigenvalue weighted by atomic mass is 32.2. The van der Waals surface area contributed by atoms with Crippen LogP contribution in [-0.4, -0.2) is 54.2 Å². The van der Waals surface area contributed by atoms with Crippen LogP contribution in [0.25, 0.3) is 0 Å². The predicted molar refractivity (Wildman–Crippen MR) is 119 cm³/mol. The molecule has 0 spiro atoms. The highest BCUT2D eigenvalue weighted by Gasteiger charge is 2.23. The summed E-state index contributed by atoms with van der Waals surface area (Å²) in [7, 11) is -4.91. The molecule has 0 saturated carbocycles. The molecule has 2 aromatic carbocycles. The van der Waals surface area contributed by atoms with Gasteiger partial charge in [-0.3, -0.25) is 9.52 Å². The first-order chi connectivity index (χ1) is 14.5. The second-order valence-electron chi connectivity index (χ2n) is 7.51. The van der Waals surface area contributed by atoms with E-state index in [1.54, 1.807) is 12.1 Å². The molecule has 1 aliphatic rings. The zero-order valence-corrected chi connectivity index (χ0v) is 19.0. The molecule has 31 heavy (non-hydrogen) atoms. The zero-order chi connectivity index (χ0) is 22.8. The van der Waals surface area contributed by atoms with Crippen LogP contribution >= 0.6 is 0 Å². The van der Waals surface area contributed by atoms with E-state index in [1.807, 2.05) is 0 Å². The van der Waals surface area contributed by atoms with Crippen molar-refractivity contribution in [3.63, 3.8) is 0 Å². The van der Waals surface area contributed by atoms with Crippen LogP contribution in [0.1, 0.15) is 29.6 Å². The normalized spacial score (nSPS) is 15.1. The Balaban J connectivity index is 1.96. The fraction of sp³-hybridized carbons (Fsp3) is 0.350. The summed E-state index contributed by atoms with van der Waals surface area (Å²) >= 11 is 0. The molecule has 1 aliphatic heterocycles. The van der Waals surface area contributed by atoms with Crippen molar-refractivity contribution in [3.05, 3.63) is 48.0 Å². The minimum absolute atomic E-state index is 0.0128. The van der Waals surface area contributed by atoms with Gasteiger partial charge in [-0.1, -0.05) is 0 Å². The van der Waals surface area contributed by atoms with Crippen LogP contribution < -0.4 is 15.4 Å². The van der Waals surface area contributed by atoms with E-state index >= 15 is 0 Å². The third-order valence-corrected chi connectivity index (χ3v) is 8.35. The SMILES string of the molecule is CN(C)S(=O)(=O)c1ccc(S(=O)(=O)Nc2cc(C(N)=O)ccc2N2CCCCC2)cc1. The van der Waals surface area contributed by atoms with Crippen molar-refractivity contribution in [2.45, 2.75) is 29.1 Å². The van der Waals surface area contributed by atoms with Crippen LogP contribution in [-0.2, 0) is 20.0 Å².